The third kappa shape index (κ3) is 4.33. The summed E-state index contributed by atoms with van der Waals surface area (Å²) in [6.45, 7) is 6.17. The summed E-state index contributed by atoms with van der Waals surface area (Å²) >= 11 is 0. The van der Waals surface area contributed by atoms with Gasteiger partial charge < -0.3 is 10.1 Å². The van der Waals surface area contributed by atoms with Crippen molar-refractivity contribution >= 4 is 0 Å². The Hall–Kier alpha value is -1.95. The summed E-state index contributed by atoms with van der Waals surface area (Å²) in [6, 6.07) is 4.11. The first-order chi connectivity index (χ1) is 9.13. The molecule has 2 heterocycles. The Balaban J connectivity index is 1.87. The van der Waals surface area contributed by atoms with Gasteiger partial charge >= 0.3 is 6.01 Å². The number of hydrogen-bond donors (Lipinski definition) is 1. The zero-order chi connectivity index (χ0) is 13.7. The van der Waals surface area contributed by atoms with Crippen molar-refractivity contribution in [2.45, 2.75) is 20.4 Å². The van der Waals surface area contributed by atoms with Gasteiger partial charge in [-0.05, 0) is 18.0 Å². The lowest BCUT2D eigenvalue weighted by Gasteiger charge is -2.07. The molecule has 0 unspecified atom stereocenters. The third-order valence-corrected chi connectivity index (χ3v) is 2.45. The van der Waals surface area contributed by atoms with Crippen molar-refractivity contribution in [2.24, 2.45) is 13.0 Å². The van der Waals surface area contributed by atoms with Crippen molar-refractivity contribution in [1.82, 2.24) is 25.1 Å². The van der Waals surface area contributed by atoms with E-state index in [0.29, 0.717) is 17.8 Å². The highest BCUT2D eigenvalue weighted by Gasteiger charge is 2.03. The normalized spacial score (nSPS) is 10.9. The van der Waals surface area contributed by atoms with Crippen molar-refractivity contribution in [1.29, 1.82) is 0 Å². The molecule has 19 heavy (non-hydrogen) atoms. The number of nitrogens with zero attached hydrogens (tertiary/aromatic N) is 4. The van der Waals surface area contributed by atoms with Gasteiger partial charge in [0.25, 0.3) is 0 Å². The summed E-state index contributed by atoms with van der Waals surface area (Å²) in [5, 5.41) is 7.39. The molecule has 0 spiro atoms. The fourth-order valence-corrected chi connectivity index (χ4v) is 1.54. The van der Waals surface area contributed by atoms with Crippen molar-refractivity contribution < 1.29 is 4.74 Å². The van der Waals surface area contributed by atoms with Crippen LogP contribution in [0.5, 0.6) is 11.9 Å². The van der Waals surface area contributed by atoms with Crippen LogP contribution in [-0.2, 0) is 13.6 Å². The highest BCUT2D eigenvalue weighted by atomic mass is 16.5. The molecule has 2 aromatic rings. The molecular formula is C13H19N5O. The van der Waals surface area contributed by atoms with Crippen LogP contribution in [0.1, 0.15) is 19.4 Å². The predicted molar refractivity (Wildman–Crippen MR) is 71.9 cm³/mol. The highest BCUT2D eigenvalue weighted by molar-refractivity contribution is 5.19. The number of aromatic nitrogens is 4. The molecule has 1 N–H and O–H groups in total. The monoisotopic (exact) mass is 261 g/mol. The van der Waals surface area contributed by atoms with Gasteiger partial charge in [0.05, 0.1) is 0 Å². The molecule has 0 atom stereocenters. The van der Waals surface area contributed by atoms with Crippen molar-refractivity contribution in [3.8, 4) is 11.9 Å². The first-order valence-corrected chi connectivity index (χ1v) is 6.32. The first-order valence-electron chi connectivity index (χ1n) is 6.32. The Morgan fingerprint density at radius 3 is 2.74 bits per heavy atom. The number of pyridine rings is 1. The molecule has 2 aromatic heterocycles. The van der Waals surface area contributed by atoms with E-state index in [0.717, 1.165) is 18.7 Å². The standard InChI is InChI=1S/C13H19N5O/c1-10(2)6-14-7-11-4-5-12(15-8-11)19-13-16-9-18(3)17-13/h4-5,8-10,14H,6-7H2,1-3H3. The van der Waals surface area contributed by atoms with Gasteiger partial charge in [-0.2, -0.15) is 4.98 Å². The quantitative estimate of drug-likeness (QED) is 0.858. The summed E-state index contributed by atoms with van der Waals surface area (Å²) in [4.78, 5) is 8.21. The average molecular weight is 261 g/mol. The van der Waals surface area contributed by atoms with E-state index in [1.165, 1.54) is 0 Å². The van der Waals surface area contributed by atoms with E-state index in [1.54, 1.807) is 24.3 Å². The van der Waals surface area contributed by atoms with E-state index >= 15 is 0 Å². The predicted octanol–water partition coefficient (Wildman–Crippen LogP) is 1.75. The molecule has 0 amide bonds. The molecule has 0 fully saturated rings. The Labute approximate surface area is 112 Å². The summed E-state index contributed by atoms with van der Waals surface area (Å²) < 4.78 is 7.01. The van der Waals surface area contributed by atoms with E-state index in [-0.39, 0.29) is 0 Å². The summed E-state index contributed by atoms with van der Waals surface area (Å²) in [5.41, 5.74) is 1.13. The smallest absolute Gasteiger partial charge is 0.342 e. The van der Waals surface area contributed by atoms with Gasteiger partial charge in [0.1, 0.15) is 6.33 Å². The maximum absolute atomic E-state index is 5.42. The topological polar surface area (TPSA) is 64.9 Å². The van der Waals surface area contributed by atoms with Crippen molar-refractivity contribution in [3.05, 3.63) is 30.2 Å². The molecule has 6 heteroatoms. The van der Waals surface area contributed by atoms with E-state index < -0.39 is 0 Å². The van der Waals surface area contributed by atoms with Gasteiger partial charge in [-0.25, -0.2) is 4.98 Å². The molecule has 2 rings (SSSR count). The molecule has 0 radical (unpaired) electrons. The van der Waals surface area contributed by atoms with Crippen LogP contribution < -0.4 is 10.1 Å². The van der Waals surface area contributed by atoms with Gasteiger partial charge in [0.2, 0.25) is 5.88 Å². The SMILES string of the molecule is CC(C)CNCc1ccc(Oc2ncn(C)n2)nc1. The molecular weight excluding hydrogens is 242 g/mol. The second-order valence-corrected chi connectivity index (χ2v) is 4.83. The van der Waals surface area contributed by atoms with Crippen LogP contribution in [0.3, 0.4) is 0 Å². The third-order valence-electron chi connectivity index (χ3n) is 2.45. The number of rotatable bonds is 6. The maximum atomic E-state index is 5.42. The minimum atomic E-state index is 0.306. The Morgan fingerprint density at radius 2 is 2.16 bits per heavy atom. The molecule has 0 aliphatic rings. The summed E-state index contributed by atoms with van der Waals surface area (Å²) in [7, 11) is 1.79. The molecule has 0 aromatic carbocycles. The Morgan fingerprint density at radius 1 is 1.32 bits per heavy atom. The summed E-state index contributed by atoms with van der Waals surface area (Å²) in [5.74, 6) is 1.14. The average Bonchev–Trinajstić information content (AvgIpc) is 2.77. The molecule has 0 saturated heterocycles. The van der Waals surface area contributed by atoms with E-state index in [9.17, 15) is 0 Å². The van der Waals surface area contributed by atoms with Gasteiger partial charge in [0.15, 0.2) is 0 Å². The number of ether oxygens (including phenoxy) is 1. The van der Waals surface area contributed by atoms with Crippen molar-refractivity contribution in [2.75, 3.05) is 6.54 Å². The van der Waals surface area contributed by atoms with Gasteiger partial charge in [-0.1, -0.05) is 19.9 Å². The van der Waals surface area contributed by atoms with Gasteiger partial charge in [-0.15, -0.1) is 5.10 Å². The minimum Gasteiger partial charge on any atom is -0.404 e. The largest absolute Gasteiger partial charge is 0.404 e. The van der Waals surface area contributed by atoms with Crippen LogP contribution in [0.15, 0.2) is 24.7 Å². The number of nitrogens with one attached hydrogen (secondary N) is 1. The minimum absolute atomic E-state index is 0.306. The Kier molecular flexibility index (Phi) is 4.46. The van der Waals surface area contributed by atoms with Gasteiger partial charge in [0, 0.05) is 25.9 Å². The number of aryl methyl sites for hydroxylation is 1. The second-order valence-electron chi connectivity index (χ2n) is 4.83. The molecule has 6 nitrogen and oxygen atoms in total. The molecule has 0 saturated carbocycles. The zero-order valence-electron chi connectivity index (χ0n) is 11.5. The van der Waals surface area contributed by atoms with Crippen LogP contribution in [0, 0.1) is 5.92 Å². The Bertz CT molecular complexity index is 506. The second kappa shape index (κ2) is 6.29. The lowest BCUT2D eigenvalue weighted by molar-refractivity contribution is 0.422. The fourth-order valence-electron chi connectivity index (χ4n) is 1.54. The lowest BCUT2D eigenvalue weighted by atomic mass is 10.2. The lowest BCUT2D eigenvalue weighted by Crippen LogP contribution is -2.18. The van der Waals surface area contributed by atoms with E-state index in [2.05, 4.69) is 34.2 Å². The van der Waals surface area contributed by atoms with Crippen LogP contribution >= 0.6 is 0 Å². The molecule has 0 aliphatic carbocycles. The maximum Gasteiger partial charge on any atom is 0.342 e. The van der Waals surface area contributed by atoms with E-state index in [1.807, 2.05) is 12.1 Å². The number of hydrogen-bond acceptors (Lipinski definition) is 5. The molecule has 0 aliphatic heterocycles. The van der Waals surface area contributed by atoms with Crippen LogP contribution in [0.2, 0.25) is 0 Å². The van der Waals surface area contributed by atoms with Crippen molar-refractivity contribution in [3.63, 3.8) is 0 Å². The first kappa shape index (κ1) is 13.5. The van der Waals surface area contributed by atoms with Crippen LogP contribution in [-0.4, -0.2) is 26.3 Å². The zero-order valence-corrected chi connectivity index (χ0v) is 11.5. The summed E-state index contributed by atoms with van der Waals surface area (Å²) in [6.07, 6.45) is 3.38. The molecule has 102 valence electrons. The van der Waals surface area contributed by atoms with Gasteiger partial charge in [-0.3, -0.25) is 4.68 Å². The van der Waals surface area contributed by atoms with Crippen LogP contribution in [0.4, 0.5) is 0 Å². The highest BCUT2D eigenvalue weighted by Crippen LogP contribution is 2.14. The van der Waals surface area contributed by atoms with E-state index in [4.69, 9.17) is 4.74 Å². The molecule has 0 bridgehead atoms. The van der Waals surface area contributed by atoms with Crippen LogP contribution in [0.25, 0.3) is 0 Å². The fraction of sp³-hybridized carbons (Fsp3) is 0.462.